The fourth-order valence-electron chi connectivity index (χ4n) is 0. The van der Waals surface area contributed by atoms with Crippen LogP contribution < -0.4 is 0 Å². The minimum atomic E-state index is -1.75. The quantitative estimate of drug-likeness (QED) is 0.245. The summed E-state index contributed by atoms with van der Waals surface area (Å²) in [7, 11) is 0. The van der Waals surface area contributed by atoms with Crippen LogP contribution in [0.15, 0.2) is 0 Å². The first kappa shape index (κ1) is 36.0. The van der Waals surface area contributed by atoms with Crippen LogP contribution in [0.1, 0.15) is 0 Å². The van der Waals surface area contributed by atoms with E-state index < -0.39 is 20.3 Å². The van der Waals surface area contributed by atoms with Crippen molar-refractivity contribution in [2.24, 2.45) is 0 Å². The topological polar surface area (TPSA) is 265 Å². The zero-order chi connectivity index (χ0) is 14.3. The largest absolute Gasteiger partial charge is 2.00 e. The molecule has 0 saturated carbocycles. The van der Waals surface area contributed by atoms with Gasteiger partial charge < -0.3 is 61.3 Å². The van der Waals surface area contributed by atoms with E-state index in [4.69, 9.17) is 61.3 Å². The van der Waals surface area contributed by atoms with Gasteiger partial charge in [-0.25, -0.2) is 0 Å². The van der Waals surface area contributed by atoms with Crippen molar-refractivity contribution in [3.63, 3.8) is 0 Å². The number of hydrogen-bond acceptors (Lipinski definition) is 12. The molecule has 0 fully saturated rings. The Kier molecular flexibility index (Phi) is 59.6. The molecule has 0 aliphatic carbocycles. The zero-order valence-electron chi connectivity index (χ0n) is 8.10. The summed E-state index contributed by atoms with van der Waals surface area (Å²) in [5.41, 5.74) is 0. The van der Waals surface area contributed by atoms with E-state index >= 15 is 0 Å². The summed E-state index contributed by atoms with van der Waals surface area (Å²) in [6.07, 6.45) is 0. The molecule has 16 nitrogen and oxygen atoms in total. The normalized spacial score (nSPS) is 5.33. The Hall–Kier alpha value is -0.862. The smallest absolute Gasteiger partial charge is 0.356 e. The predicted octanol–water partition coefficient (Wildman–Crippen LogP) is -1.72. The first-order valence-corrected chi connectivity index (χ1v) is 2.19. The second-order valence-electron chi connectivity index (χ2n) is 0.894. The number of hydrogen-bond donors (Lipinski definition) is 0. The predicted molar refractivity (Wildman–Crippen MR) is 53.0 cm³/mol. The van der Waals surface area contributed by atoms with Crippen LogP contribution in [-0.4, -0.2) is 92.3 Å². The average Bonchev–Trinajstić information content (AvgIpc) is 1.76. The Morgan fingerprint density at radius 3 is 0.444 bits per heavy atom. The molecule has 18 heavy (non-hydrogen) atoms. The summed E-state index contributed by atoms with van der Waals surface area (Å²) in [6.45, 7) is 0. The second-order valence-corrected chi connectivity index (χ2v) is 0.894. The molecule has 0 spiro atoms. The van der Waals surface area contributed by atoms with Crippen molar-refractivity contribution in [2.75, 3.05) is 0 Å². The molecule has 0 radical (unpaired) electrons. The number of rotatable bonds is 0. The first-order valence-electron chi connectivity index (χ1n) is 2.19. The van der Waals surface area contributed by atoms with Gasteiger partial charge in [0.05, 0.1) is 20.3 Å². The molecule has 0 heterocycles. The maximum absolute atomic E-state index is 8.25. The van der Waals surface area contributed by atoms with Crippen LogP contribution in [0.4, 0.5) is 0 Å². The molecule has 0 aromatic rings. The molecule has 0 aliphatic heterocycles. The molecule has 0 bridgehead atoms. The molecule has 0 aromatic carbocycles. The van der Waals surface area contributed by atoms with Gasteiger partial charge in [-0.05, 0) is 0 Å². The maximum Gasteiger partial charge on any atom is 2.00 e. The summed E-state index contributed by atoms with van der Waals surface area (Å²) in [5, 5.41) is 59.0. The standard InChI is InChI=1S/Ba.Mg.4NO3/c;;4*2-1(3)4/q2*+2;4*-1. The monoisotopic (exact) mass is 410 g/mol. The van der Waals surface area contributed by atoms with E-state index in [0.29, 0.717) is 0 Å². The third-order valence-corrected chi connectivity index (χ3v) is 0. The molecular formula is BaMgN4O12. The summed E-state index contributed by atoms with van der Waals surface area (Å²) in [5.74, 6) is 0. The maximum atomic E-state index is 8.25. The van der Waals surface area contributed by atoms with E-state index in [2.05, 4.69) is 0 Å². The van der Waals surface area contributed by atoms with Gasteiger partial charge in [0.1, 0.15) is 0 Å². The van der Waals surface area contributed by atoms with Crippen molar-refractivity contribution >= 4 is 71.9 Å². The average molecular weight is 410 g/mol. The van der Waals surface area contributed by atoms with Gasteiger partial charge in [0, 0.05) is 0 Å². The van der Waals surface area contributed by atoms with Crippen LogP contribution in [-0.2, 0) is 0 Å². The second kappa shape index (κ2) is 29.8. The van der Waals surface area contributed by atoms with Gasteiger partial charge >= 0.3 is 71.9 Å². The van der Waals surface area contributed by atoms with Gasteiger partial charge in [0.2, 0.25) is 0 Å². The molecular weight excluding hydrogens is 410 g/mol. The molecule has 0 aromatic heterocycles. The van der Waals surface area contributed by atoms with E-state index in [9.17, 15) is 0 Å². The van der Waals surface area contributed by atoms with E-state index in [0.717, 1.165) is 0 Å². The van der Waals surface area contributed by atoms with E-state index in [-0.39, 0.29) is 71.9 Å². The van der Waals surface area contributed by atoms with Crippen LogP contribution in [0.2, 0.25) is 0 Å². The van der Waals surface area contributed by atoms with Crippen molar-refractivity contribution in [1.29, 1.82) is 0 Å². The Bertz CT molecular complexity index is 164. The Morgan fingerprint density at radius 2 is 0.444 bits per heavy atom. The van der Waals surface area contributed by atoms with E-state index in [1.807, 2.05) is 0 Å². The van der Waals surface area contributed by atoms with Crippen LogP contribution in [0.25, 0.3) is 0 Å². The molecule has 0 aliphatic rings. The van der Waals surface area contributed by atoms with Gasteiger partial charge in [-0.15, -0.1) is 0 Å². The summed E-state index contributed by atoms with van der Waals surface area (Å²) in [4.78, 5) is 33.0. The molecule has 0 unspecified atom stereocenters. The molecule has 96 valence electrons. The van der Waals surface area contributed by atoms with Crippen LogP contribution in [0.3, 0.4) is 0 Å². The summed E-state index contributed by atoms with van der Waals surface area (Å²) < 4.78 is 0. The fourth-order valence-corrected chi connectivity index (χ4v) is 0. The Labute approximate surface area is 152 Å². The van der Waals surface area contributed by atoms with Crippen molar-refractivity contribution in [3.8, 4) is 0 Å². The molecule has 0 amide bonds. The molecule has 0 saturated heterocycles. The van der Waals surface area contributed by atoms with Crippen molar-refractivity contribution in [2.45, 2.75) is 0 Å². The molecule has 18 heteroatoms. The van der Waals surface area contributed by atoms with Gasteiger partial charge in [-0.3, -0.25) is 0 Å². The van der Waals surface area contributed by atoms with Gasteiger partial charge in [-0.2, -0.15) is 0 Å². The molecule has 0 N–H and O–H groups in total. The molecule has 0 atom stereocenters. The van der Waals surface area contributed by atoms with E-state index in [1.165, 1.54) is 0 Å². The van der Waals surface area contributed by atoms with E-state index in [1.54, 1.807) is 0 Å². The van der Waals surface area contributed by atoms with Crippen molar-refractivity contribution < 1.29 is 20.3 Å². The third-order valence-electron chi connectivity index (χ3n) is 0. The molecule has 0 rings (SSSR count). The van der Waals surface area contributed by atoms with Crippen molar-refractivity contribution in [3.05, 3.63) is 61.3 Å². The Balaban J connectivity index is -0.0000000257. The van der Waals surface area contributed by atoms with Crippen LogP contribution in [0, 0.1) is 61.3 Å². The van der Waals surface area contributed by atoms with Gasteiger partial charge in [-0.1, -0.05) is 0 Å². The fraction of sp³-hybridized carbons (Fsp3) is 0. The number of nitrogens with zero attached hydrogens (tertiary/aromatic N) is 4. The summed E-state index contributed by atoms with van der Waals surface area (Å²) >= 11 is 0. The van der Waals surface area contributed by atoms with Crippen molar-refractivity contribution in [1.82, 2.24) is 0 Å². The zero-order valence-corrected chi connectivity index (χ0v) is 14.0. The first-order chi connectivity index (χ1) is 6.93. The minimum absolute atomic E-state index is 0. The minimum Gasteiger partial charge on any atom is -0.356 e. The van der Waals surface area contributed by atoms with Gasteiger partial charge in [0.25, 0.3) is 0 Å². The van der Waals surface area contributed by atoms with Crippen LogP contribution in [0.5, 0.6) is 0 Å². The third kappa shape index (κ3) is 4070. The SMILES string of the molecule is O=[N+]([O-])[O-].O=[N+]([O-])[O-].O=[N+]([O-])[O-].O=[N+]([O-])[O-].[Ba+2].[Mg+2]. The summed E-state index contributed by atoms with van der Waals surface area (Å²) in [6, 6.07) is 0. The van der Waals surface area contributed by atoms with Gasteiger partial charge in [0.15, 0.2) is 0 Å². The Morgan fingerprint density at radius 1 is 0.444 bits per heavy atom. The van der Waals surface area contributed by atoms with Crippen LogP contribution >= 0.6 is 0 Å².